The molecule has 27 heavy (non-hydrogen) atoms. The van der Waals surface area contributed by atoms with Gasteiger partial charge in [0.25, 0.3) is 0 Å². The van der Waals surface area contributed by atoms with E-state index >= 15 is 0 Å². The third kappa shape index (κ3) is 6.52. The standard InChI is InChI=1S/C21H35N5.HI/c1-4-11-25-12-9-18(15-25)14-23-21(22-3)24-19-10-13-26(16-19)20-7-5-17(2)6-8-20;/h5-8,18-19H,4,9-16H2,1-3H3,(H2,22,23,24);1H. The Morgan fingerprint density at radius 2 is 1.93 bits per heavy atom. The summed E-state index contributed by atoms with van der Waals surface area (Å²) in [6, 6.07) is 9.31. The molecule has 2 saturated heterocycles. The summed E-state index contributed by atoms with van der Waals surface area (Å²) in [5, 5.41) is 7.18. The van der Waals surface area contributed by atoms with Gasteiger partial charge in [0.2, 0.25) is 0 Å². The number of likely N-dealkylation sites (tertiary alicyclic amines) is 1. The van der Waals surface area contributed by atoms with Gasteiger partial charge in [-0.15, -0.1) is 24.0 Å². The van der Waals surface area contributed by atoms with Crippen LogP contribution in [0, 0.1) is 12.8 Å². The maximum absolute atomic E-state index is 4.44. The van der Waals surface area contributed by atoms with Crippen LogP contribution in [0.5, 0.6) is 0 Å². The van der Waals surface area contributed by atoms with Crippen LogP contribution >= 0.6 is 24.0 Å². The van der Waals surface area contributed by atoms with Crippen LogP contribution in [0.1, 0.15) is 31.7 Å². The first kappa shape index (κ1) is 22.3. The van der Waals surface area contributed by atoms with Crippen molar-refractivity contribution in [1.29, 1.82) is 0 Å². The molecule has 0 amide bonds. The molecule has 2 fully saturated rings. The van der Waals surface area contributed by atoms with Gasteiger partial charge in [-0.25, -0.2) is 0 Å². The summed E-state index contributed by atoms with van der Waals surface area (Å²) in [6.45, 7) is 11.3. The largest absolute Gasteiger partial charge is 0.369 e. The SMILES string of the molecule is CCCN1CCC(CNC(=NC)NC2CCN(c3ccc(C)cc3)C2)C1.I. The van der Waals surface area contributed by atoms with Gasteiger partial charge in [0.1, 0.15) is 0 Å². The lowest BCUT2D eigenvalue weighted by Gasteiger charge is -2.21. The third-order valence-electron chi connectivity index (χ3n) is 5.62. The van der Waals surface area contributed by atoms with Crippen LogP contribution in [0.2, 0.25) is 0 Å². The van der Waals surface area contributed by atoms with E-state index in [-0.39, 0.29) is 24.0 Å². The van der Waals surface area contributed by atoms with Gasteiger partial charge in [0, 0.05) is 45.0 Å². The number of guanidine groups is 1. The molecule has 6 heteroatoms. The Balaban J connectivity index is 0.00000261. The van der Waals surface area contributed by atoms with E-state index < -0.39 is 0 Å². The summed E-state index contributed by atoms with van der Waals surface area (Å²) in [4.78, 5) is 9.48. The highest BCUT2D eigenvalue weighted by Gasteiger charge is 2.25. The number of halogens is 1. The first-order valence-corrected chi connectivity index (χ1v) is 10.2. The quantitative estimate of drug-likeness (QED) is 0.369. The second-order valence-electron chi connectivity index (χ2n) is 7.82. The number of benzene rings is 1. The summed E-state index contributed by atoms with van der Waals surface area (Å²) in [5.41, 5.74) is 2.64. The van der Waals surface area contributed by atoms with Crippen LogP contribution in [0.25, 0.3) is 0 Å². The lowest BCUT2D eigenvalue weighted by atomic mass is 10.1. The molecule has 0 aliphatic carbocycles. The van der Waals surface area contributed by atoms with E-state index in [2.05, 4.69) is 63.5 Å². The molecule has 0 bridgehead atoms. The molecule has 1 aromatic rings. The van der Waals surface area contributed by atoms with Gasteiger partial charge in [-0.05, 0) is 57.3 Å². The van der Waals surface area contributed by atoms with Gasteiger partial charge in [0.05, 0.1) is 0 Å². The lowest BCUT2D eigenvalue weighted by molar-refractivity contribution is 0.324. The van der Waals surface area contributed by atoms with Crippen molar-refractivity contribution >= 4 is 35.6 Å². The molecule has 2 aliphatic rings. The molecule has 2 heterocycles. The number of rotatable bonds is 6. The minimum atomic E-state index is 0. The molecule has 0 aromatic heterocycles. The van der Waals surface area contributed by atoms with Crippen LogP contribution in [0.3, 0.4) is 0 Å². The highest BCUT2D eigenvalue weighted by molar-refractivity contribution is 14.0. The molecule has 152 valence electrons. The van der Waals surface area contributed by atoms with Gasteiger partial charge in [0.15, 0.2) is 5.96 Å². The van der Waals surface area contributed by atoms with Gasteiger partial charge >= 0.3 is 0 Å². The number of hydrogen-bond donors (Lipinski definition) is 2. The van der Waals surface area contributed by atoms with E-state index in [0.717, 1.165) is 37.9 Å². The van der Waals surface area contributed by atoms with Crippen LogP contribution in [0.15, 0.2) is 29.3 Å². The van der Waals surface area contributed by atoms with Crippen molar-refractivity contribution in [3.05, 3.63) is 29.8 Å². The summed E-state index contributed by atoms with van der Waals surface area (Å²) in [5.74, 6) is 1.70. The van der Waals surface area contributed by atoms with Gasteiger partial charge in [-0.2, -0.15) is 0 Å². The topological polar surface area (TPSA) is 42.9 Å². The van der Waals surface area contributed by atoms with Crippen molar-refractivity contribution in [2.24, 2.45) is 10.9 Å². The van der Waals surface area contributed by atoms with Crippen molar-refractivity contribution in [2.75, 3.05) is 51.2 Å². The Morgan fingerprint density at radius 3 is 2.63 bits per heavy atom. The predicted octanol–water partition coefficient (Wildman–Crippen LogP) is 3.09. The highest BCUT2D eigenvalue weighted by atomic mass is 127. The van der Waals surface area contributed by atoms with E-state index in [9.17, 15) is 0 Å². The van der Waals surface area contributed by atoms with Crippen molar-refractivity contribution < 1.29 is 0 Å². The third-order valence-corrected chi connectivity index (χ3v) is 5.62. The fraction of sp³-hybridized carbons (Fsp3) is 0.667. The molecule has 0 spiro atoms. The van der Waals surface area contributed by atoms with Crippen LogP contribution in [-0.2, 0) is 0 Å². The van der Waals surface area contributed by atoms with E-state index in [4.69, 9.17) is 0 Å². The predicted molar refractivity (Wildman–Crippen MR) is 127 cm³/mol. The number of anilines is 1. The van der Waals surface area contributed by atoms with E-state index in [1.54, 1.807) is 0 Å². The zero-order chi connectivity index (χ0) is 18.4. The maximum Gasteiger partial charge on any atom is 0.191 e. The number of aryl methyl sites for hydroxylation is 1. The Kier molecular flexibility index (Phi) is 9.15. The van der Waals surface area contributed by atoms with Crippen molar-refractivity contribution in [1.82, 2.24) is 15.5 Å². The van der Waals surface area contributed by atoms with Crippen molar-refractivity contribution in [3.63, 3.8) is 0 Å². The minimum Gasteiger partial charge on any atom is -0.369 e. The Morgan fingerprint density at radius 1 is 1.15 bits per heavy atom. The summed E-state index contributed by atoms with van der Waals surface area (Å²) >= 11 is 0. The maximum atomic E-state index is 4.44. The van der Waals surface area contributed by atoms with Crippen LogP contribution in [0.4, 0.5) is 5.69 Å². The van der Waals surface area contributed by atoms with Gasteiger partial charge < -0.3 is 20.4 Å². The summed E-state index contributed by atoms with van der Waals surface area (Å²) in [7, 11) is 1.88. The Labute approximate surface area is 182 Å². The summed E-state index contributed by atoms with van der Waals surface area (Å²) in [6.07, 6.45) is 3.71. The monoisotopic (exact) mass is 485 g/mol. The smallest absolute Gasteiger partial charge is 0.191 e. The molecular formula is C21H36IN5. The molecule has 3 rings (SSSR count). The molecule has 2 unspecified atom stereocenters. The number of nitrogens with one attached hydrogen (secondary N) is 2. The van der Waals surface area contributed by atoms with E-state index in [0.29, 0.717) is 6.04 Å². The fourth-order valence-electron chi connectivity index (χ4n) is 4.10. The van der Waals surface area contributed by atoms with Crippen LogP contribution in [-0.4, -0.2) is 63.2 Å². The average Bonchev–Trinajstić information content (AvgIpc) is 3.29. The normalized spacial score (nSPS) is 23.4. The molecule has 0 radical (unpaired) electrons. The van der Waals surface area contributed by atoms with Crippen molar-refractivity contribution in [2.45, 2.75) is 39.2 Å². The highest BCUT2D eigenvalue weighted by Crippen LogP contribution is 2.21. The first-order chi connectivity index (χ1) is 12.7. The molecule has 2 N–H and O–H groups in total. The zero-order valence-electron chi connectivity index (χ0n) is 17.1. The number of hydrogen-bond acceptors (Lipinski definition) is 3. The first-order valence-electron chi connectivity index (χ1n) is 10.2. The lowest BCUT2D eigenvalue weighted by Crippen LogP contribution is -2.46. The minimum absolute atomic E-state index is 0. The van der Waals surface area contributed by atoms with E-state index in [1.807, 2.05) is 7.05 Å². The van der Waals surface area contributed by atoms with Crippen molar-refractivity contribution in [3.8, 4) is 0 Å². The van der Waals surface area contributed by atoms with Gasteiger partial charge in [-0.1, -0.05) is 24.6 Å². The second-order valence-corrected chi connectivity index (χ2v) is 7.82. The second kappa shape index (κ2) is 11.1. The van der Waals surface area contributed by atoms with E-state index in [1.165, 1.54) is 43.7 Å². The van der Waals surface area contributed by atoms with Gasteiger partial charge in [-0.3, -0.25) is 4.99 Å². The average molecular weight is 485 g/mol. The number of aliphatic imine (C=N–C) groups is 1. The fourth-order valence-corrected chi connectivity index (χ4v) is 4.10. The molecule has 1 aromatic carbocycles. The molecule has 2 aliphatic heterocycles. The molecular weight excluding hydrogens is 449 g/mol. The number of nitrogens with zero attached hydrogens (tertiary/aromatic N) is 3. The molecule has 0 saturated carbocycles. The Hall–Kier alpha value is -1.02. The molecule has 2 atom stereocenters. The Bertz CT molecular complexity index is 589. The summed E-state index contributed by atoms with van der Waals surface area (Å²) < 4.78 is 0. The van der Waals surface area contributed by atoms with Crippen LogP contribution < -0.4 is 15.5 Å². The molecule has 5 nitrogen and oxygen atoms in total. The zero-order valence-corrected chi connectivity index (χ0v) is 19.4.